The first kappa shape index (κ1) is 13.0. The highest BCUT2D eigenvalue weighted by Crippen LogP contribution is 2.35. The molecule has 92 valence electrons. The molecule has 0 unspecified atom stereocenters. The number of halogens is 3. The van der Waals surface area contributed by atoms with Crippen LogP contribution in [0.3, 0.4) is 0 Å². The van der Waals surface area contributed by atoms with Crippen molar-refractivity contribution < 1.29 is 4.79 Å². The van der Waals surface area contributed by atoms with Gasteiger partial charge in [-0.1, -0.05) is 23.2 Å². The number of hydrogen-bond donors (Lipinski definition) is 1. The Labute approximate surface area is 118 Å². The molecular weight excluding hydrogens is 327 g/mol. The normalized spacial score (nSPS) is 15.1. The molecule has 2 amide bonds. The molecule has 1 heterocycles. The van der Waals surface area contributed by atoms with Gasteiger partial charge in [0.1, 0.15) is 0 Å². The van der Waals surface area contributed by atoms with Crippen LogP contribution in [0.5, 0.6) is 0 Å². The second-order valence-corrected chi connectivity index (χ2v) is 5.46. The van der Waals surface area contributed by atoms with Crippen molar-refractivity contribution in [3.8, 4) is 0 Å². The van der Waals surface area contributed by atoms with Crippen molar-refractivity contribution in [2.45, 2.75) is 12.8 Å². The van der Waals surface area contributed by atoms with Crippen LogP contribution < -0.4 is 5.32 Å². The second-order valence-electron chi connectivity index (χ2n) is 3.85. The molecule has 0 radical (unpaired) electrons. The van der Waals surface area contributed by atoms with Crippen LogP contribution in [0.4, 0.5) is 10.5 Å². The first-order chi connectivity index (χ1) is 8.09. The van der Waals surface area contributed by atoms with Crippen molar-refractivity contribution in [2.24, 2.45) is 0 Å². The fourth-order valence-corrected chi connectivity index (χ4v) is 2.56. The summed E-state index contributed by atoms with van der Waals surface area (Å²) in [6.07, 6.45) is 2.12. The Hall–Kier alpha value is -0.450. The van der Waals surface area contributed by atoms with Gasteiger partial charge >= 0.3 is 6.03 Å². The van der Waals surface area contributed by atoms with Gasteiger partial charge in [-0.2, -0.15) is 0 Å². The summed E-state index contributed by atoms with van der Waals surface area (Å²) in [4.78, 5) is 13.6. The molecule has 0 bridgehead atoms. The third-order valence-electron chi connectivity index (χ3n) is 2.67. The maximum Gasteiger partial charge on any atom is 0.321 e. The molecule has 3 nitrogen and oxygen atoms in total. The van der Waals surface area contributed by atoms with Gasteiger partial charge in [0.15, 0.2) is 0 Å². The Bertz CT molecular complexity index is 447. The van der Waals surface area contributed by atoms with E-state index in [-0.39, 0.29) is 6.03 Å². The van der Waals surface area contributed by atoms with E-state index in [1.165, 1.54) is 0 Å². The van der Waals surface area contributed by atoms with Crippen molar-refractivity contribution in [3.63, 3.8) is 0 Å². The number of carbonyl (C=O) groups excluding carboxylic acids is 1. The molecule has 0 aliphatic carbocycles. The maximum absolute atomic E-state index is 11.9. The first-order valence-electron chi connectivity index (χ1n) is 5.29. The SMILES string of the molecule is O=C(Nc1ccc(Br)c(Cl)c1Cl)N1CCCC1. The number of nitrogens with zero attached hydrogens (tertiary/aromatic N) is 1. The molecule has 1 fully saturated rings. The van der Waals surface area contributed by atoms with E-state index in [1.807, 2.05) is 0 Å². The molecule has 6 heteroatoms. The minimum Gasteiger partial charge on any atom is -0.325 e. The van der Waals surface area contributed by atoms with E-state index in [4.69, 9.17) is 23.2 Å². The molecule has 0 saturated carbocycles. The predicted octanol–water partition coefficient (Wildman–Crippen LogP) is 4.38. The number of benzene rings is 1. The molecule has 1 aliphatic heterocycles. The smallest absolute Gasteiger partial charge is 0.321 e. The molecule has 0 atom stereocenters. The fraction of sp³-hybridized carbons (Fsp3) is 0.364. The fourth-order valence-electron chi connectivity index (χ4n) is 1.74. The lowest BCUT2D eigenvalue weighted by atomic mass is 10.3. The van der Waals surface area contributed by atoms with Crippen LogP contribution in [0.25, 0.3) is 0 Å². The summed E-state index contributed by atoms with van der Waals surface area (Å²) >= 11 is 15.3. The highest BCUT2D eigenvalue weighted by Gasteiger charge is 2.19. The number of hydrogen-bond acceptors (Lipinski definition) is 1. The van der Waals surface area contributed by atoms with Crippen LogP contribution in [0, 0.1) is 0 Å². The van der Waals surface area contributed by atoms with Gasteiger partial charge < -0.3 is 10.2 Å². The van der Waals surface area contributed by atoms with E-state index >= 15 is 0 Å². The van der Waals surface area contributed by atoms with Crippen LogP contribution in [0.2, 0.25) is 10.0 Å². The van der Waals surface area contributed by atoms with Gasteiger partial charge in [0, 0.05) is 17.6 Å². The minimum atomic E-state index is -0.122. The summed E-state index contributed by atoms with van der Waals surface area (Å²) in [5.41, 5.74) is 0.539. The van der Waals surface area contributed by atoms with E-state index in [2.05, 4.69) is 21.2 Å². The standard InChI is InChI=1S/C11H11BrCl2N2O/c12-7-3-4-8(10(14)9(7)13)15-11(17)16-5-1-2-6-16/h3-4H,1-2,5-6H2,(H,15,17). The summed E-state index contributed by atoms with van der Waals surface area (Å²) < 4.78 is 0.711. The second kappa shape index (κ2) is 5.46. The van der Waals surface area contributed by atoms with E-state index in [9.17, 15) is 4.79 Å². The zero-order valence-electron chi connectivity index (χ0n) is 8.97. The number of rotatable bonds is 1. The molecule has 17 heavy (non-hydrogen) atoms. The van der Waals surface area contributed by atoms with E-state index in [0.29, 0.717) is 20.2 Å². The van der Waals surface area contributed by atoms with E-state index in [0.717, 1.165) is 25.9 Å². The molecule has 1 aromatic carbocycles. The number of carbonyl (C=O) groups is 1. The van der Waals surface area contributed by atoms with Crippen LogP contribution in [-0.4, -0.2) is 24.0 Å². The van der Waals surface area contributed by atoms with Gasteiger partial charge in [0.25, 0.3) is 0 Å². The van der Waals surface area contributed by atoms with Crippen molar-refractivity contribution >= 4 is 50.9 Å². The Kier molecular flexibility index (Phi) is 4.17. The third-order valence-corrected chi connectivity index (χ3v) is 4.44. The van der Waals surface area contributed by atoms with Crippen molar-refractivity contribution in [1.82, 2.24) is 4.90 Å². The Balaban J connectivity index is 2.13. The number of urea groups is 1. The number of nitrogens with one attached hydrogen (secondary N) is 1. The number of likely N-dealkylation sites (tertiary alicyclic amines) is 1. The van der Waals surface area contributed by atoms with Crippen molar-refractivity contribution in [2.75, 3.05) is 18.4 Å². The summed E-state index contributed by atoms with van der Waals surface area (Å²) in [5.74, 6) is 0. The molecule has 0 aromatic heterocycles. The number of anilines is 1. The van der Waals surface area contributed by atoms with Gasteiger partial charge in [-0.05, 0) is 40.9 Å². The van der Waals surface area contributed by atoms with Crippen molar-refractivity contribution in [3.05, 3.63) is 26.7 Å². The van der Waals surface area contributed by atoms with Crippen molar-refractivity contribution in [1.29, 1.82) is 0 Å². The topological polar surface area (TPSA) is 32.3 Å². The highest BCUT2D eigenvalue weighted by atomic mass is 79.9. The Morgan fingerprint density at radius 3 is 2.53 bits per heavy atom. The minimum absolute atomic E-state index is 0.122. The summed E-state index contributed by atoms with van der Waals surface area (Å²) in [5, 5.41) is 3.53. The molecule has 0 spiro atoms. The largest absolute Gasteiger partial charge is 0.325 e. The number of amides is 2. The average molecular weight is 338 g/mol. The Morgan fingerprint density at radius 2 is 1.88 bits per heavy atom. The maximum atomic E-state index is 11.9. The third kappa shape index (κ3) is 2.87. The van der Waals surface area contributed by atoms with Crippen LogP contribution in [0.15, 0.2) is 16.6 Å². The predicted molar refractivity (Wildman–Crippen MR) is 74.0 cm³/mol. The lowest BCUT2D eigenvalue weighted by Gasteiger charge is -2.17. The average Bonchev–Trinajstić information content (AvgIpc) is 2.83. The van der Waals surface area contributed by atoms with Crippen LogP contribution in [-0.2, 0) is 0 Å². The summed E-state index contributed by atoms with van der Waals surface area (Å²) in [6, 6.07) is 3.36. The van der Waals surface area contributed by atoms with Gasteiger partial charge in [-0.15, -0.1) is 0 Å². The monoisotopic (exact) mass is 336 g/mol. The molecule has 2 rings (SSSR count). The van der Waals surface area contributed by atoms with Crippen LogP contribution >= 0.6 is 39.1 Å². The van der Waals surface area contributed by atoms with E-state index in [1.54, 1.807) is 17.0 Å². The first-order valence-corrected chi connectivity index (χ1v) is 6.84. The van der Waals surface area contributed by atoms with Gasteiger partial charge in [0.05, 0.1) is 15.7 Å². The highest BCUT2D eigenvalue weighted by molar-refractivity contribution is 9.10. The lowest BCUT2D eigenvalue weighted by molar-refractivity contribution is 0.222. The van der Waals surface area contributed by atoms with E-state index < -0.39 is 0 Å². The lowest BCUT2D eigenvalue weighted by Crippen LogP contribution is -2.32. The zero-order valence-corrected chi connectivity index (χ0v) is 12.1. The van der Waals surface area contributed by atoms with Gasteiger partial charge in [-0.3, -0.25) is 0 Å². The molecule has 1 N–H and O–H groups in total. The zero-order chi connectivity index (χ0) is 12.4. The van der Waals surface area contributed by atoms with Crippen LogP contribution in [0.1, 0.15) is 12.8 Å². The molecule has 1 aromatic rings. The van der Waals surface area contributed by atoms with Gasteiger partial charge in [-0.25, -0.2) is 4.79 Å². The molecular formula is C11H11BrCl2N2O. The molecule has 1 saturated heterocycles. The summed E-state index contributed by atoms with van der Waals surface area (Å²) in [6.45, 7) is 1.60. The quantitative estimate of drug-likeness (QED) is 0.757. The van der Waals surface area contributed by atoms with Gasteiger partial charge in [0.2, 0.25) is 0 Å². The summed E-state index contributed by atoms with van der Waals surface area (Å²) in [7, 11) is 0. The Morgan fingerprint density at radius 1 is 1.24 bits per heavy atom. The molecule has 1 aliphatic rings.